The Hall–Kier alpha value is -3.35. The molecule has 1 aliphatic rings. The zero-order valence-corrected chi connectivity index (χ0v) is 17.5. The molecule has 3 amide bonds. The van der Waals surface area contributed by atoms with E-state index in [1.54, 1.807) is 69.3 Å². The molecule has 3 rings (SSSR count). The fraction of sp³-hybridized carbons (Fsp3) is 0.348. The highest BCUT2D eigenvalue weighted by Crippen LogP contribution is 2.17. The number of ether oxygens (including phenoxy) is 1. The smallest absolute Gasteiger partial charge is 0.412 e. The van der Waals surface area contributed by atoms with E-state index in [-0.39, 0.29) is 11.8 Å². The summed E-state index contributed by atoms with van der Waals surface area (Å²) in [6.07, 6.45) is 1.54. The minimum Gasteiger partial charge on any atom is -0.444 e. The van der Waals surface area contributed by atoms with E-state index in [0.29, 0.717) is 22.5 Å². The van der Waals surface area contributed by atoms with Gasteiger partial charge in [-0.25, -0.2) is 4.79 Å². The normalized spacial score (nSPS) is 13.6. The van der Waals surface area contributed by atoms with Crippen LogP contribution in [0.25, 0.3) is 0 Å². The fourth-order valence-corrected chi connectivity index (χ4v) is 3.13. The number of benzene rings is 2. The van der Waals surface area contributed by atoms with E-state index in [4.69, 9.17) is 4.74 Å². The van der Waals surface area contributed by atoms with Crippen molar-refractivity contribution in [1.82, 2.24) is 4.90 Å². The number of nitrogens with zero attached hydrogens (tertiary/aromatic N) is 1. The zero-order chi connectivity index (χ0) is 21.7. The second-order valence-electron chi connectivity index (χ2n) is 8.24. The molecule has 158 valence electrons. The third-order valence-electron chi connectivity index (χ3n) is 4.58. The molecule has 1 aliphatic heterocycles. The predicted molar refractivity (Wildman–Crippen MR) is 116 cm³/mol. The van der Waals surface area contributed by atoms with Gasteiger partial charge in [0.1, 0.15) is 5.60 Å². The van der Waals surface area contributed by atoms with Crippen molar-refractivity contribution in [2.75, 3.05) is 23.7 Å². The van der Waals surface area contributed by atoms with E-state index >= 15 is 0 Å². The standard InChI is InChI=1S/C23H27N3O4/c1-23(2,3)30-22(29)25-19-10-6-16(7-11-19)20(27)24-18-12-8-17(9-13-18)21(28)26-14-4-5-15-26/h6-13H,4-5,14-15H2,1-3H3,(H,24,27)(H,25,29). The molecule has 2 aromatic rings. The summed E-state index contributed by atoms with van der Waals surface area (Å²) in [6.45, 7) is 6.96. The van der Waals surface area contributed by atoms with E-state index < -0.39 is 11.7 Å². The first-order valence-corrected chi connectivity index (χ1v) is 10.0. The largest absolute Gasteiger partial charge is 0.444 e. The lowest BCUT2D eigenvalue weighted by molar-refractivity contribution is 0.0635. The average molecular weight is 409 g/mol. The van der Waals surface area contributed by atoms with Crippen LogP contribution in [0.15, 0.2) is 48.5 Å². The second-order valence-corrected chi connectivity index (χ2v) is 8.24. The lowest BCUT2D eigenvalue weighted by atomic mass is 10.1. The van der Waals surface area contributed by atoms with Gasteiger partial charge in [-0.1, -0.05) is 0 Å². The number of likely N-dealkylation sites (tertiary alicyclic amines) is 1. The maximum atomic E-state index is 12.5. The predicted octanol–water partition coefficient (Wildman–Crippen LogP) is 4.52. The SMILES string of the molecule is CC(C)(C)OC(=O)Nc1ccc(C(=O)Nc2ccc(C(=O)N3CCCC3)cc2)cc1. The van der Waals surface area contributed by atoms with Crippen LogP contribution >= 0.6 is 0 Å². The Labute approximate surface area is 176 Å². The van der Waals surface area contributed by atoms with Crippen molar-refractivity contribution in [2.24, 2.45) is 0 Å². The summed E-state index contributed by atoms with van der Waals surface area (Å²) in [5.41, 5.74) is 1.62. The lowest BCUT2D eigenvalue weighted by Gasteiger charge is -2.19. The van der Waals surface area contributed by atoms with Gasteiger partial charge in [0.2, 0.25) is 0 Å². The third-order valence-corrected chi connectivity index (χ3v) is 4.58. The molecule has 0 aliphatic carbocycles. The van der Waals surface area contributed by atoms with Gasteiger partial charge >= 0.3 is 6.09 Å². The Balaban J connectivity index is 1.56. The molecule has 0 bridgehead atoms. The van der Waals surface area contributed by atoms with Crippen LogP contribution in [0.4, 0.5) is 16.2 Å². The first kappa shape index (κ1) is 21.4. The van der Waals surface area contributed by atoms with Crippen LogP contribution in [0, 0.1) is 0 Å². The van der Waals surface area contributed by atoms with Crippen molar-refractivity contribution in [1.29, 1.82) is 0 Å². The number of nitrogens with one attached hydrogen (secondary N) is 2. The molecule has 0 radical (unpaired) electrons. The Kier molecular flexibility index (Phi) is 6.40. The van der Waals surface area contributed by atoms with Gasteiger partial charge in [0.25, 0.3) is 11.8 Å². The van der Waals surface area contributed by atoms with E-state index in [0.717, 1.165) is 25.9 Å². The van der Waals surface area contributed by atoms with Crippen molar-refractivity contribution in [3.05, 3.63) is 59.7 Å². The van der Waals surface area contributed by atoms with Gasteiger partial charge < -0.3 is 15.0 Å². The van der Waals surface area contributed by atoms with Crippen LogP contribution in [0.3, 0.4) is 0 Å². The molecule has 0 unspecified atom stereocenters. The quantitative estimate of drug-likeness (QED) is 0.777. The number of hydrogen-bond acceptors (Lipinski definition) is 4. The van der Waals surface area contributed by atoms with Crippen molar-refractivity contribution in [3.63, 3.8) is 0 Å². The van der Waals surface area contributed by atoms with Gasteiger partial charge in [0, 0.05) is 35.6 Å². The summed E-state index contributed by atoms with van der Waals surface area (Å²) >= 11 is 0. The molecule has 0 saturated carbocycles. The molecule has 2 N–H and O–H groups in total. The molecule has 1 fully saturated rings. The summed E-state index contributed by atoms with van der Waals surface area (Å²) in [6, 6.07) is 13.4. The van der Waals surface area contributed by atoms with Gasteiger partial charge in [-0.3, -0.25) is 14.9 Å². The van der Waals surface area contributed by atoms with Gasteiger partial charge in [-0.15, -0.1) is 0 Å². The summed E-state index contributed by atoms with van der Waals surface area (Å²) in [4.78, 5) is 38.5. The van der Waals surface area contributed by atoms with E-state index in [9.17, 15) is 14.4 Å². The first-order chi connectivity index (χ1) is 14.2. The van der Waals surface area contributed by atoms with E-state index in [1.165, 1.54) is 0 Å². The van der Waals surface area contributed by atoms with Gasteiger partial charge in [-0.05, 0) is 82.1 Å². The summed E-state index contributed by atoms with van der Waals surface area (Å²) in [5.74, 6) is -0.254. The van der Waals surface area contributed by atoms with E-state index in [1.807, 2.05) is 4.90 Å². The minimum atomic E-state index is -0.585. The fourth-order valence-electron chi connectivity index (χ4n) is 3.13. The molecule has 7 nitrogen and oxygen atoms in total. The number of rotatable bonds is 4. The van der Waals surface area contributed by atoms with Crippen LogP contribution in [-0.4, -0.2) is 41.5 Å². The monoisotopic (exact) mass is 409 g/mol. The van der Waals surface area contributed by atoms with Crippen molar-refractivity contribution in [3.8, 4) is 0 Å². The molecule has 0 atom stereocenters. The summed E-state index contributed by atoms with van der Waals surface area (Å²) in [7, 11) is 0. The van der Waals surface area contributed by atoms with Crippen LogP contribution in [-0.2, 0) is 4.74 Å². The van der Waals surface area contributed by atoms with Gasteiger partial charge in [0.05, 0.1) is 0 Å². The minimum absolute atomic E-state index is 0.0263. The molecular weight excluding hydrogens is 382 g/mol. The van der Waals surface area contributed by atoms with Crippen molar-refractivity contribution < 1.29 is 19.1 Å². The molecule has 0 spiro atoms. The average Bonchev–Trinajstić information content (AvgIpc) is 3.22. The highest BCUT2D eigenvalue weighted by Gasteiger charge is 2.19. The highest BCUT2D eigenvalue weighted by atomic mass is 16.6. The maximum Gasteiger partial charge on any atom is 0.412 e. The number of anilines is 2. The van der Waals surface area contributed by atoms with Crippen LogP contribution in [0.1, 0.15) is 54.3 Å². The summed E-state index contributed by atoms with van der Waals surface area (Å²) < 4.78 is 5.20. The Morgan fingerprint density at radius 3 is 1.83 bits per heavy atom. The molecular formula is C23H27N3O4. The molecule has 0 aromatic heterocycles. The number of amides is 3. The van der Waals surface area contributed by atoms with Crippen molar-refractivity contribution >= 4 is 29.3 Å². The Morgan fingerprint density at radius 1 is 0.800 bits per heavy atom. The first-order valence-electron chi connectivity index (χ1n) is 10.0. The van der Waals surface area contributed by atoms with Crippen LogP contribution in [0.5, 0.6) is 0 Å². The van der Waals surface area contributed by atoms with E-state index in [2.05, 4.69) is 10.6 Å². The molecule has 2 aromatic carbocycles. The van der Waals surface area contributed by atoms with Gasteiger partial charge in [0.15, 0.2) is 0 Å². The highest BCUT2D eigenvalue weighted by molar-refractivity contribution is 6.05. The second kappa shape index (κ2) is 8.98. The number of carbonyl (C=O) groups excluding carboxylic acids is 3. The lowest BCUT2D eigenvalue weighted by Crippen LogP contribution is -2.27. The Bertz CT molecular complexity index is 909. The molecule has 30 heavy (non-hydrogen) atoms. The van der Waals surface area contributed by atoms with Crippen LogP contribution in [0.2, 0.25) is 0 Å². The molecule has 1 saturated heterocycles. The summed E-state index contributed by atoms with van der Waals surface area (Å²) in [5, 5.41) is 5.43. The number of hydrogen-bond donors (Lipinski definition) is 2. The zero-order valence-electron chi connectivity index (χ0n) is 17.5. The molecule has 1 heterocycles. The maximum absolute atomic E-state index is 12.5. The third kappa shape index (κ3) is 5.83. The number of carbonyl (C=O) groups is 3. The van der Waals surface area contributed by atoms with Crippen LogP contribution < -0.4 is 10.6 Å². The topological polar surface area (TPSA) is 87.7 Å². The van der Waals surface area contributed by atoms with Gasteiger partial charge in [-0.2, -0.15) is 0 Å². The van der Waals surface area contributed by atoms with Crippen molar-refractivity contribution in [2.45, 2.75) is 39.2 Å². The Morgan fingerprint density at radius 2 is 1.30 bits per heavy atom. The molecule has 7 heteroatoms.